The standard InChI is InChI=1S/C6H12NOSi/c1-7-6(8)4-5-9(7,2)3/h1,4-5H2,2-3H3/q-1. The van der Waals surface area contributed by atoms with Gasteiger partial charge in [0, 0.05) is 6.42 Å². The first kappa shape index (κ1) is 6.80. The molecule has 1 aliphatic heterocycles. The van der Waals surface area contributed by atoms with Gasteiger partial charge in [-0.25, -0.2) is 0 Å². The first-order valence-corrected chi connectivity index (χ1v) is 6.33. The largest absolute Gasteiger partial charge is 0.522 e. The highest BCUT2D eigenvalue weighted by molar-refractivity contribution is 6.78. The van der Waals surface area contributed by atoms with Gasteiger partial charge in [-0.1, -0.05) is 13.1 Å². The molecule has 0 aromatic carbocycles. The van der Waals surface area contributed by atoms with Gasteiger partial charge in [0.05, 0.1) is 0 Å². The minimum absolute atomic E-state index is 0.228. The molecule has 1 rings (SSSR count). The molecule has 0 aromatic rings. The van der Waals surface area contributed by atoms with Crippen molar-refractivity contribution in [3.05, 3.63) is 7.05 Å². The van der Waals surface area contributed by atoms with Crippen molar-refractivity contribution >= 4 is 14.1 Å². The van der Waals surface area contributed by atoms with Crippen LogP contribution in [0.25, 0.3) is 0 Å². The number of carbonyl (C=O) groups excluding carboxylic acids is 1. The monoisotopic (exact) mass is 142 g/mol. The maximum absolute atomic E-state index is 10.9. The zero-order valence-electron chi connectivity index (χ0n) is 5.98. The maximum atomic E-state index is 10.9. The average Bonchev–Trinajstić information content (AvgIpc) is 1.97. The van der Waals surface area contributed by atoms with Crippen LogP contribution in [0.5, 0.6) is 0 Å². The Morgan fingerprint density at radius 2 is 2.22 bits per heavy atom. The van der Waals surface area contributed by atoms with Gasteiger partial charge in [-0.05, 0) is 6.04 Å². The van der Waals surface area contributed by atoms with Gasteiger partial charge < -0.3 is 4.57 Å². The van der Waals surface area contributed by atoms with Crippen molar-refractivity contribution in [2.75, 3.05) is 0 Å². The van der Waals surface area contributed by atoms with Crippen molar-refractivity contribution < 1.29 is 4.79 Å². The number of hydrogen-bond acceptors (Lipinski definition) is 1. The van der Waals surface area contributed by atoms with Crippen LogP contribution in [0.1, 0.15) is 6.42 Å². The van der Waals surface area contributed by atoms with E-state index in [2.05, 4.69) is 20.1 Å². The summed E-state index contributed by atoms with van der Waals surface area (Å²) in [6.07, 6.45) is 0.725. The van der Waals surface area contributed by atoms with Crippen LogP contribution in [0.2, 0.25) is 19.1 Å². The third-order valence-corrected chi connectivity index (χ3v) is 5.17. The van der Waals surface area contributed by atoms with Gasteiger partial charge in [0.25, 0.3) is 0 Å². The van der Waals surface area contributed by atoms with E-state index in [0.717, 1.165) is 12.5 Å². The van der Waals surface area contributed by atoms with Gasteiger partial charge in [-0.15, -0.1) is 0 Å². The molecule has 0 aromatic heterocycles. The number of carbonyl (C=O) groups is 1. The van der Waals surface area contributed by atoms with Crippen molar-refractivity contribution in [3.8, 4) is 0 Å². The number of rotatable bonds is 0. The van der Waals surface area contributed by atoms with Gasteiger partial charge >= 0.3 is 0 Å². The first-order valence-electron chi connectivity index (χ1n) is 3.17. The molecule has 0 atom stereocenters. The molecule has 52 valence electrons. The topological polar surface area (TPSA) is 20.3 Å². The summed E-state index contributed by atoms with van der Waals surface area (Å²) in [4.78, 5) is 10.9. The predicted molar refractivity (Wildman–Crippen MR) is 39.1 cm³/mol. The van der Waals surface area contributed by atoms with E-state index in [1.54, 1.807) is 4.57 Å². The van der Waals surface area contributed by atoms with E-state index in [1.165, 1.54) is 0 Å². The fraction of sp³-hybridized carbons (Fsp3) is 0.667. The molecule has 0 radical (unpaired) electrons. The second kappa shape index (κ2) is 1.83. The Hall–Kier alpha value is -0.313. The Bertz CT molecular complexity index is 144. The SMILES string of the molecule is [CH2-]N1C(=O)CC[Si]1(C)C. The highest BCUT2D eigenvalue weighted by Gasteiger charge is 2.32. The lowest BCUT2D eigenvalue weighted by atomic mass is 10.5. The third-order valence-electron chi connectivity index (χ3n) is 1.98. The minimum atomic E-state index is -1.33. The molecule has 2 nitrogen and oxygen atoms in total. The van der Waals surface area contributed by atoms with Crippen LogP contribution in [0, 0.1) is 7.05 Å². The van der Waals surface area contributed by atoms with Crippen molar-refractivity contribution in [1.82, 2.24) is 4.57 Å². The zero-order valence-corrected chi connectivity index (χ0v) is 6.98. The fourth-order valence-corrected chi connectivity index (χ4v) is 2.90. The fourth-order valence-electron chi connectivity index (χ4n) is 1.02. The van der Waals surface area contributed by atoms with Crippen LogP contribution in [-0.4, -0.2) is 18.7 Å². The van der Waals surface area contributed by atoms with E-state index >= 15 is 0 Å². The summed E-state index contributed by atoms with van der Waals surface area (Å²) < 4.78 is 1.72. The zero-order chi connectivity index (χ0) is 7.07. The second-order valence-corrected chi connectivity index (χ2v) is 7.80. The molecule has 0 N–H and O–H groups in total. The van der Waals surface area contributed by atoms with E-state index in [1.807, 2.05) is 0 Å². The van der Waals surface area contributed by atoms with Gasteiger partial charge in [-0.2, -0.15) is 0 Å². The number of hydrogen-bond donors (Lipinski definition) is 0. The van der Waals surface area contributed by atoms with Crippen LogP contribution in [0.15, 0.2) is 0 Å². The van der Waals surface area contributed by atoms with E-state index in [0.29, 0.717) is 0 Å². The first-order chi connectivity index (χ1) is 4.04. The van der Waals surface area contributed by atoms with E-state index in [4.69, 9.17) is 0 Å². The molecule has 0 saturated carbocycles. The average molecular weight is 142 g/mol. The van der Waals surface area contributed by atoms with Gasteiger partial charge in [0.1, 0.15) is 8.24 Å². The smallest absolute Gasteiger partial charge is 0.185 e. The predicted octanol–water partition coefficient (Wildman–Crippen LogP) is 1.22. The Labute approximate surface area is 56.9 Å². The quantitative estimate of drug-likeness (QED) is 0.368. The summed E-state index contributed by atoms with van der Waals surface area (Å²) in [6.45, 7) is 4.34. The van der Waals surface area contributed by atoms with Gasteiger partial charge in [-0.3, -0.25) is 11.8 Å². The summed E-state index contributed by atoms with van der Waals surface area (Å²) in [6, 6.07) is 1.08. The number of amides is 1. The summed E-state index contributed by atoms with van der Waals surface area (Å²) >= 11 is 0. The lowest BCUT2D eigenvalue weighted by Crippen LogP contribution is -2.40. The maximum Gasteiger partial charge on any atom is 0.185 e. The highest BCUT2D eigenvalue weighted by atomic mass is 28.3. The van der Waals surface area contributed by atoms with Crippen molar-refractivity contribution in [1.29, 1.82) is 0 Å². The van der Waals surface area contributed by atoms with Crippen LogP contribution in [-0.2, 0) is 4.79 Å². The molecule has 1 saturated heterocycles. The van der Waals surface area contributed by atoms with E-state index in [-0.39, 0.29) is 5.91 Å². The van der Waals surface area contributed by atoms with Crippen LogP contribution in [0.4, 0.5) is 0 Å². The Morgan fingerprint density at radius 3 is 2.33 bits per heavy atom. The molecule has 0 aliphatic carbocycles. The van der Waals surface area contributed by atoms with E-state index < -0.39 is 8.24 Å². The lowest BCUT2D eigenvalue weighted by molar-refractivity contribution is -0.123. The van der Waals surface area contributed by atoms with Crippen LogP contribution >= 0.6 is 0 Å². The van der Waals surface area contributed by atoms with Crippen molar-refractivity contribution in [2.24, 2.45) is 0 Å². The summed E-state index contributed by atoms with van der Waals surface area (Å²) in [7, 11) is 2.38. The Balaban J connectivity index is 2.73. The van der Waals surface area contributed by atoms with Crippen molar-refractivity contribution in [2.45, 2.75) is 25.6 Å². The molecule has 3 heteroatoms. The lowest BCUT2D eigenvalue weighted by Gasteiger charge is -2.33. The molecule has 0 unspecified atom stereocenters. The van der Waals surface area contributed by atoms with Crippen molar-refractivity contribution in [3.63, 3.8) is 0 Å². The molecule has 1 fully saturated rings. The van der Waals surface area contributed by atoms with E-state index in [9.17, 15) is 4.79 Å². The molecule has 0 spiro atoms. The van der Waals surface area contributed by atoms with Gasteiger partial charge in [0.15, 0.2) is 5.91 Å². The Morgan fingerprint density at radius 1 is 1.67 bits per heavy atom. The normalized spacial score (nSPS) is 25.2. The molecule has 9 heavy (non-hydrogen) atoms. The second-order valence-electron chi connectivity index (χ2n) is 3.13. The Kier molecular flexibility index (Phi) is 1.39. The van der Waals surface area contributed by atoms with Crippen LogP contribution < -0.4 is 0 Å². The summed E-state index contributed by atoms with van der Waals surface area (Å²) in [5, 5.41) is 0. The highest BCUT2D eigenvalue weighted by Crippen LogP contribution is 2.24. The number of nitrogens with zero attached hydrogens (tertiary/aromatic N) is 1. The molecular weight excluding hydrogens is 130 g/mol. The van der Waals surface area contributed by atoms with Gasteiger partial charge in [0.2, 0.25) is 0 Å². The molecule has 1 aliphatic rings. The van der Waals surface area contributed by atoms with Crippen LogP contribution in [0.3, 0.4) is 0 Å². The molecular formula is C6H12NOSi-. The minimum Gasteiger partial charge on any atom is -0.522 e. The summed E-state index contributed by atoms with van der Waals surface area (Å²) in [5.41, 5.74) is 0. The third kappa shape index (κ3) is 1.01. The summed E-state index contributed by atoms with van der Waals surface area (Å²) in [5.74, 6) is 0.228. The molecule has 1 heterocycles. The molecule has 1 amide bonds. The molecule has 0 bridgehead atoms.